The molecule has 1 aliphatic heterocycles. The van der Waals surface area contributed by atoms with E-state index < -0.39 is 0 Å². The highest BCUT2D eigenvalue weighted by atomic mass is 16.7. The molecular formula is C15H22O2. The highest BCUT2D eigenvalue weighted by Gasteiger charge is 2.35. The van der Waals surface area contributed by atoms with Gasteiger partial charge in [0.05, 0.1) is 0 Å². The summed E-state index contributed by atoms with van der Waals surface area (Å²) < 4.78 is 11.7. The lowest BCUT2D eigenvalue weighted by molar-refractivity contribution is -0.0396. The Morgan fingerprint density at radius 1 is 0.882 bits per heavy atom. The van der Waals surface area contributed by atoms with Crippen molar-refractivity contribution in [2.45, 2.75) is 53.2 Å². The summed E-state index contributed by atoms with van der Waals surface area (Å²) in [5.74, 6) is 1.73. The van der Waals surface area contributed by atoms with Crippen LogP contribution in [0, 0.1) is 5.41 Å². The van der Waals surface area contributed by atoms with Crippen LogP contribution in [-0.2, 0) is 5.41 Å². The monoisotopic (exact) mass is 234 g/mol. The second-order valence-electron chi connectivity index (χ2n) is 6.85. The normalized spacial score (nSPS) is 19.5. The molecule has 94 valence electrons. The molecule has 0 bridgehead atoms. The molecule has 0 aliphatic carbocycles. The molecule has 1 aromatic rings. The number of hydrogen-bond acceptors (Lipinski definition) is 2. The maximum Gasteiger partial charge on any atom is 0.246 e. The van der Waals surface area contributed by atoms with Crippen molar-refractivity contribution in [3.05, 3.63) is 23.8 Å². The molecule has 17 heavy (non-hydrogen) atoms. The molecule has 2 heteroatoms. The van der Waals surface area contributed by atoms with Crippen molar-refractivity contribution < 1.29 is 9.47 Å². The van der Waals surface area contributed by atoms with Crippen molar-refractivity contribution in [1.82, 2.24) is 0 Å². The summed E-state index contributed by atoms with van der Waals surface area (Å²) in [7, 11) is 0. The van der Waals surface area contributed by atoms with Gasteiger partial charge in [0.15, 0.2) is 11.5 Å². The third-order valence-corrected chi connectivity index (χ3v) is 2.98. The fourth-order valence-corrected chi connectivity index (χ4v) is 1.77. The summed E-state index contributed by atoms with van der Waals surface area (Å²) >= 11 is 0. The van der Waals surface area contributed by atoms with Crippen LogP contribution in [0.4, 0.5) is 0 Å². The maximum atomic E-state index is 5.88. The SMILES string of the molecule is CC(C)(C)c1ccc2c(c1)OC(C(C)(C)C)O2. The fraction of sp³-hybridized carbons (Fsp3) is 0.600. The van der Waals surface area contributed by atoms with E-state index in [4.69, 9.17) is 9.47 Å². The topological polar surface area (TPSA) is 18.5 Å². The molecule has 0 aromatic heterocycles. The largest absolute Gasteiger partial charge is 0.450 e. The molecule has 0 fully saturated rings. The van der Waals surface area contributed by atoms with E-state index in [0.717, 1.165) is 11.5 Å². The molecule has 0 radical (unpaired) electrons. The predicted molar refractivity (Wildman–Crippen MR) is 69.6 cm³/mol. The number of fused-ring (bicyclic) bond motifs is 1. The van der Waals surface area contributed by atoms with Crippen LogP contribution in [0.25, 0.3) is 0 Å². The smallest absolute Gasteiger partial charge is 0.246 e. The van der Waals surface area contributed by atoms with Gasteiger partial charge in [-0.2, -0.15) is 0 Å². The van der Waals surface area contributed by atoms with Crippen molar-refractivity contribution in [1.29, 1.82) is 0 Å². The van der Waals surface area contributed by atoms with Crippen molar-refractivity contribution in [3.63, 3.8) is 0 Å². The summed E-state index contributed by atoms with van der Waals surface area (Å²) in [6.07, 6.45) is -0.187. The molecule has 0 N–H and O–H groups in total. The fourth-order valence-electron chi connectivity index (χ4n) is 1.77. The molecule has 0 saturated heterocycles. The molecule has 1 atom stereocenters. The molecular weight excluding hydrogens is 212 g/mol. The van der Waals surface area contributed by atoms with Crippen LogP contribution in [0.3, 0.4) is 0 Å². The summed E-state index contributed by atoms with van der Waals surface area (Å²) in [5, 5.41) is 0. The van der Waals surface area contributed by atoms with Gasteiger partial charge in [0.25, 0.3) is 0 Å². The minimum absolute atomic E-state index is 0.0130. The van der Waals surface area contributed by atoms with Gasteiger partial charge in [-0.1, -0.05) is 47.6 Å². The molecule has 2 rings (SSSR count). The molecule has 1 aliphatic rings. The second-order valence-corrected chi connectivity index (χ2v) is 6.85. The average Bonchev–Trinajstić information content (AvgIpc) is 2.57. The number of ether oxygens (including phenoxy) is 2. The lowest BCUT2D eigenvalue weighted by Gasteiger charge is -2.24. The zero-order valence-corrected chi connectivity index (χ0v) is 11.6. The minimum Gasteiger partial charge on any atom is -0.450 e. The standard InChI is InChI=1S/C15H22O2/c1-14(2,3)10-7-8-11-12(9-10)17-13(16-11)15(4,5)6/h7-9,13H,1-6H3. The van der Waals surface area contributed by atoms with E-state index in [9.17, 15) is 0 Å². The first-order valence-electron chi connectivity index (χ1n) is 6.16. The molecule has 1 unspecified atom stereocenters. The minimum atomic E-state index is -0.187. The zero-order chi connectivity index (χ0) is 12.8. The Kier molecular flexibility index (Phi) is 2.64. The van der Waals surface area contributed by atoms with E-state index in [1.54, 1.807) is 0 Å². The first kappa shape index (κ1) is 12.3. The van der Waals surface area contributed by atoms with Crippen LogP contribution in [0.15, 0.2) is 18.2 Å². The van der Waals surface area contributed by atoms with Gasteiger partial charge in [0, 0.05) is 5.41 Å². The van der Waals surface area contributed by atoms with Crippen LogP contribution in [-0.4, -0.2) is 6.29 Å². The van der Waals surface area contributed by atoms with Gasteiger partial charge in [-0.05, 0) is 23.1 Å². The van der Waals surface area contributed by atoms with E-state index in [1.807, 2.05) is 6.07 Å². The Labute approximate surface area is 104 Å². The highest BCUT2D eigenvalue weighted by molar-refractivity contribution is 5.46. The van der Waals surface area contributed by atoms with Gasteiger partial charge in [0.1, 0.15) is 0 Å². The molecule has 1 heterocycles. The van der Waals surface area contributed by atoms with Crippen LogP contribution in [0.1, 0.15) is 47.1 Å². The molecule has 0 saturated carbocycles. The first-order chi connectivity index (χ1) is 7.68. The maximum absolute atomic E-state index is 5.88. The lowest BCUT2D eigenvalue weighted by Crippen LogP contribution is -2.33. The van der Waals surface area contributed by atoms with E-state index in [2.05, 4.69) is 53.7 Å². The van der Waals surface area contributed by atoms with Gasteiger partial charge in [-0.3, -0.25) is 0 Å². The summed E-state index contributed by atoms with van der Waals surface area (Å²) in [6, 6.07) is 6.23. The molecule has 1 aromatic carbocycles. The quantitative estimate of drug-likeness (QED) is 0.672. The van der Waals surface area contributed by atoms with Gasteiger partial charge in [0.2, 0.25) is 6.29 Å². The van der Waals surface area contributed by atoms with Crippen molar-refractivity contribution in [3.8, 4) is 11.5 Å². The van der Waals surface area contributed by atoms with E-state index in [1.165, 1.54) is 5.56 Å². The summed E-state index contributed by atoms with van der Waals surface area (Å²) in [4.78, 5) is 0. The zero-order valence-electron chi connectivity index (χ0n) is 11.6. The third-order valence-electron chi connectivity index (χ3n) is 2.98. The first-order valence-corrected chi connectivity index (χ1v) is 6.16. The third kappa shape index (κ3) is 2.41. The molecule has 0 amide bonds. The Bertz CT molecular complexity index is 422. The van der Waals surface area contributed by atoms with Gasteiger partial charge in [-0.25, -0.2) is 0 Å². The summed E-state index contributed by atoms with van der Waals surface area (Å²) in [6.45, 7) is 13.0. The van der Waals surface area contributed by atoms with Gasteiger partial charge >= 0.3 is 0 Å². The number of benzene rings is 1. The van der Waals surface area contributed by atoms with Crippen LogP contribution >= 0.6 is 0 Å². The van der Waals surface area contributed by atoms with Crippen LogP contribution < -0.4 is 9.47 Å². The lowest BCUT2D eigenvalue weighted by atomic mass is 9.87. The number of rotatable bonds is 0. The van der Waals surface area contributed by atoms with Gasteiger partial charge in [-0.15, -0.1) is 0 Å². The van der Waals surface area contributed by atoms with Crippen LogP contribution in [0.2, 0.25) is 0 Å². The van der Waals surface area contributed by atoms with E-state index >= 15 is 0 Å². The Morgan fingerprint density at radius 3 is 2.00 bits per heavy atom. The van der Waals surface area contributed by atoms with Crippen molar-refractivity contribution in [2.75, 3.05) is 0 Å². The van der Waals surface area contributed by atoms with Crippen molar-refractivity contribution >= 4 is 0 Å². The molecule has 0 spiro atoms. The van der Waals surface area contributed by atoms with Crippen LogP contribution in [0.5, 0.6) is 11.5 Å². The van der Waals surface area contributed by atoms with E-state index in [-0.39, 0.29) is 17.1 Å². The highest BCUT2D eigenvalue weighted by Crippen LogP contribution is 2.42. The molecule has 2 nitrogen and oxygen atoms in total. The Morgan fingerprint density at radius 2 is 1.47 bits per heavy atom. The number of hydrogen-bond donors (Lipinski definition) is 0. The Hall–Kier alpha value is -1.18. The average molecular weight is 234 g/mol. The summed E-state index contributed by atoms with van der Waals surface area (Å²) in [5.41, 5.74) is 1.40. The second kappa shape index (κ2) is 3.66. The Balaban J connectivity index is 2.29. The predicted octanol–water partition coefficient (Wildman–Crippen LogP) is 4.13. The van der Waals surface area contributed by atoms with E-state index in [0.29, 0.717) is 0 Å². The van der Waals surface area contributed by atoms with Gasteiger partial charge < -0.3 is 9.47 Å². The van der Waals surface area contributed by atoms with Crippen molar-refractivity contribution in [2.24, 2.45) is 5.41 Å².